The first-order valence-corrected chi connectivity index (χ1v) is 8.07. The second-order valence-electron chi connectivity index (χ2n) is 6.35. The molecule has 0 bridgehead atoms. The number of nitrogens with one attached hydrogen (secondary N) is 1. The van der Waals surface area contributed by atoms with Crippen molar-refractivity contribution in [2.75, 3.05) is 5.32 Å². The first kappa shape index (κ1) is 22.4. The molecule has 1 heterocycles. The number of alkyl halides is 3. The Morgan fingerprint density at radius 1 is 1.41 bits per heavy atom. The van der Waals surface area contributed by atoms with Gasteiger partial charge < -0.3 is 15.2 Å². The predicted octanol–water partition coefficient (Wildman–Crippen LogP) is 2.78. The number of carbonyl (C=O) groups is 2. The number of pyridine rings is 1. The van der Waals surface area contributed by atoms with Gasteiger partial charge in [-0.2, -0.15) is 18.4 Å². The summed E-state index contributed by atoms with van der Waals surface area (Å²) < 4.78 is 43.7. The van der Waals surface area contributed by atoms with E-state index < -0.39 is 34.9 Å². The van der Waals surface area contributed by atoms with E-state index in [-0.39, 0.29) is 31.1 Å². The summed E-state index contributed by atoms with van der Waals surface area (Å²) in [6.07, 6.45) is -4.20. The van der Waals surface area contributed by atoms with E-state index in [2.05, 4.69) is 10.3 Å². The molecule has 1 aromatic heterocycles. The molecule has 1 atom stereocenters. The topological polar surface area (TPSA) is 112 Å². The number of anilines is 1. The highest BCUT2D eigenvalue weighted by Gasteiger charge is 2.36. The fourth-order valence-corrected chi connectivity index (χ4v) is 2.12. The van der Waals surface area contributed by atoms with Crippen LogP contribution in [0.1, 0.15) is 51.3 Å². The third-order valence-electron chi connectivity index (χ3n) is 3.46. The van der Waals surface area contributed by atoms with E-state index >= 15 is 0 Å². The minimum absolute atomic E-state index is 0.0156. The number of esters is 1. The molecule has 27 heavy (non-hydrogen) atoms. The molecule has 0 aliphatic heterocycles. The second-order valence-corrected chi connectivity index (χ2v) is 6.35. The van der Waals surface area contributed by atoms with Gasteiger partial charge in [-0.3, -0.25) is 9.59 Å². The van der Waals surface area contributed by atoms with E-state index in [4.69, 9.17) is 10.00 Å². The van der Waals surface area contributed by atoms with Crippen LogP contribution in [-0.4, -0.2) is 33.7 Å². The zero-order chi connectivity index (χ0) is 20.8. The van der Waals surface area contributed by atoms with Crippen molar-refractivity contribution < 1.29 is 32.6 Å². The summed E-state index contributed by atoms with van der Waals surface area (Å²) >= 11 is 0. The van der Waals surface area contributed by atoms with Gasteiger partial charge >= 0.3 is 12.1 Å². The van der Waals surface area contributed by atoms with Crippen molar-refractivity contribution in [3.05, 3.63) is 23.5 Å². The number of amides is 1. The van der Waals surface area contributed by atoms with Gasteiger partial charge in [0.25, 0.3) is 5.91 Å². The normalized spacial score (nSPS) is 13.6. The van der Waals surface area contributed by atoms with Crippen LogP contribution in [0, 0.1) is 11.3 Å². The van der Waals surface area contributed by atoms with Gasteiger partial charge in [0.2, 0.25) is 0 Å². The molecule has 0 saturated heterocycles. The Bertz CT molecular complexity index is 740. The molecule has 0 fully saturated rings. The highest BCUT2D eigenvalue weighted by atomic mass is 19.4. The molecule has 7 nitrogen and oxygen atoms in total. The van der Waals surface area contributed by atoms with Crippen molar-refractivity contribution in [1.29, 1.82) is 5.26 Å². The fourth-order valence-electron chi connectivity index (χ4n) is 2.12. The number of nitriles is 1. The van der Waals surface area contributed by atoms with E-state index in [9.17, 15) is 27.9 Å². The molecule has 0 spiro atoms. The predicted molar refractivity (Wildman–Crippen MR) is 88.3 cm³/mol. The Labute approximate surface area is 154 Å². The SMILES string of the molecule is CC(C)OC(=O)CCCC(C)(O)C(=O)Nc1cnc(C#N)c(C(F)(F)F)c1. The van der Waals surface area contributed by atoms with Crippen LogP contribution in [0.3, 0.4) is 0 Å². The summed E-state index contributed by atoms with van der Waals surface area (Å²) in [5.41, 5.74) is -4.36. The maximum Gasteiger partial charge on any atom is 0.419 e. The van der Waals surface area contributed by atoms with E-state index in [1.54, 1.807) is 13.8 Å². The van der Waals surface area contributed by atoms with E-state index in [0.717, 1.165) is 6.20 Å². The molecule has 1 rings (SSSR count). The smallest absolute Gasteiger partial charge is 0.419 e. The van der Waals surface area contributed by atoms with Gasteiger partial charge in [-0.25, -0.2) is 4.98 Å². The third kappa shape index (κ3) is 6.86. The van der Waals surface area contributed by atoms with Crippen LogP contribution in [0.15, 0.2) is 12.3 Å². The molecule has 2 N–H and O–H groups in total. The Hall–Kier alpha value is -2.67. The molecule has 10 heteroatoms. The third-order valence-corrected chi connectivity index (χ3v) is 3.46. The summed E-state index contributed by atoms with van der Waals surface area (Å²) in [5, 5.41) is 21.1. The highest BCUT2D eigenvalue weighted by Crippen LogP contribution is 2.32. The summed E-state index contributed by atoms with van der Waals surface area (Å²) in [5.74, 6) is -1.44. The van der Waals surface area contributed by atoms with Crippen molar-refractivity contribution in [3.63, 3.8) is 0 Å². The number of hydrogen-bond donors (Lipinski definition) is 2. The van der Waals surface area contributed by atoms with E-state index in [1.165, 1.54) is 13.0 Å². The summed E-state index contributed by atoms with van der Waals surface area (Å²) in [6.45, 7) is 4.54. The van der Waals surface area contributed by atoms with Gasteiger partial charge in [0.05, 0.1) is 23.6 Å². The van der Waals surface area contributed by atoms with Crippen LogP contribution in [0.25, 0.3) is 0 Å². The standard InChI is InChI=1S/C17H20F3N3O4/c1-10(2)27-14(24)5-4-6-16(3,26)15(25)23-11-7-12(17(18,19)20)13(8-21)22-9-11/h7,9-10,26H,4-6H2,1-3H3,(H,23,25). The van der Waals surface area contributed by atoms with E-state index in [0.29, 0.717) is 6.07 Å². The van der Waals surface area contributed by atoms with Gasteiger partial charge in [-0.15, -0.1) is 0 Å². The Morgan fingerprint density at radius 3 is 2.56 bits per heavy atom. The van der Waals surface area contributed by atoms with Crippen LogP contribution in [0.4, 0.5) is 18.9 Å². The first-order valence-electron chi connectivity index (χ1n) is 8.07. The molecule has 148 valence electrons. The summed E-state index contributed by atoms with van der Waals surface area (Å²) in [4.78, 5) is 27.0. The lowest BCUT2D eigenvalue weighted by molar-refractivity contribution is -0.148. The zero-order valence-corrected chi connectivity index (χ0v) is 15.1. The lowest BCUT2D eigenvalue weighted by Crippen LogP contribution is -2.40. The van der Waals surface area contributed by atoms with Crippen molar-refractivity contribution >= 4 is 17.6 Å². The average Bonchev–Trinajstić information content (AvgIpc) is 2.53. The molecule has 1 unspecified atom stereocenters. The zero-order valence-electron chi connectivity index (χ0n) is 15.1. The van der Waals surface area contributed by atoms with Crippen molar-refractivity contribution in [2.45, 2.75) is 57.9 Å². The van der Waals surface area contributed by atoms with Gasteiger partial charge in [0, 0.05) is 6.42 Å². The van der Waals surface area contributed by atoms with Gasteiger partial charge in [-0.05, 0) is 39.7 Å². The van der Waals surface area contributed by atoms with E-state index in [1.807, 2.05) is 0 Å². The molecule has 0 aromatic carbocycles. The maximum atomic E-state index is 12.9. The van der Waals surface area contributed by atoms with Crippen LogP contribution < -0.4 is 5.32 Å². The average molecular weight is 387 g/mol. The van der Waals surface area contributed by atoms with Crippen LogP contribution in [0.2, 0.25) is 0 Å². The Kier molecular flexibility index (Phi) is 7.30. The molecule has 0 saturated carbocycles. The molecular weight excluding hydrogens is 367 g/mol. The fraction of sp³-hybridized carbons (Fsp3) is 0.529. The molecule has 0 aliphatic carbocycles. The summed E-state index contributed by atoms with van der Waals surface area (Å²) in [6, 6.07) is 1.90. The Balaban J connectivity index is 2.77. The Morgan fingerprint density at radius 2 is 2.04 bits per heavy atom. The minimum Gasteiger partial charge on any atom is -0.463 e. The minimum atomic E-state index is -4.82. The molecule has 1 aromatic rings. The number of aromatic nitrogens is 1. The highest BCUT2D eigenvalue weighted by molar-refractivity contribution is 5.96. The molecular formula is C17H20F3N3O4. The van der Waals surface area contributed by atoms with Crippen molar-refractivity contribution in [1.82, 2.24) is 4.98 Å². The largest absolute Gasteiger partial charge is 0.463 e. The van der Waals surface area contributed by atoms with Crippen molar-refractivity contribution in [2.24, 2.45) is 0 Å². The molecule has 0 aliphatic rings. The maximum absolute atomic E-state index is 12.9. The van der Waals surface area contributed by atoms with Gasteiger partial charge in [-0.1, -0.05) is 0 Å². The second kappa shape index (κ2) is 8.81. The van der Waals surface area contributed by atoms with Gasteiger partial charge in [0.1, 0.15) is 11.7 Å². The number of ether oxygens (including phenoxy) is 1. The lowest BCUT2D eigenvalue weighted by atomic mass is 9.98. The molecule has 1 amide bonds. The first-order chi connectivity index (χ1) is 12.4. The number of nitrogens with zero attached hydrogens (tertiary/aromatic N) is 2. The number of hydrogen-bond acceptors (Lipinski definition) is 6. The number of halogens is 3. The number of carbonyl (C=O) groups excluding carboxylic acids is 2. The molecule has 0 radical (unpaired) electrons. The lowest BCUT2D eigenvalue weighted by Gasteiger charge is -2.22. The van der Waals surface area contributed by atoms with Crippen molar-refractivity contribution in [3.8, 4) is 6.07 Å². The van der Waals surface area contributed by atoms with Gasteiger partial charge in [0.15, 0.2) is 5.69 Å². The van der Waals surface area contributed by atoms with Crippen LogP contribution >= 0.6 is 0 Å². The number of aliphatic hydroxyl groups is 1. The van der Waals surface area contributed by atoms with Crippen LogP contribution in [-0.2, 0) is 20.5 Å². The number of rotatable bonds is 7. The monoisotopic (exact) mass is 387 g/mol. The summed E-state index contributed by atoms with van der Waals surface area (Å²) in [7, 11) is 0. The van der Waals surface area contributed by atoms with Crippen LogP contribution in [0.5, 0.6) is 0 Å². The quantitative estimate of drug-likeness (QED) is 0.696.